The van der Waals surface area contributed by atoms with E-state index in [2.05, 4.69) is 4.72 Å². The summed E-state index contributed by atoms with van der Waals surface area (Å²) < 4.78 is 38.8. The molecule has 8 heteroatoms. The zero-order chi connectivity index (χ0) is 21.3. The Morgan fingerprint density at radius 1 is 1.03 bits per heavy atom. The second-order valence-corrected chi connectivity index (χ2v) is 9.38. The maximum Gasteiger partial charge on any atom is 0.258 e. The van der Waals surface area contributed by atoms with Crippen molar-refractivity contribution in [1.82, 2.24) is 4.72 Å². The van der Waals surface area contributed by atoms with E-state index in [-0.39, 0.29) is 16.8 Å². The van der Waals surface area contributed by atoms with Gasteiger partial charge in [0.25, 0.3) is 5.91 Å². The topological polar surface area (TPSA) is 84.9 Å². The maximum atomic E-state index is 13.1. The number of hydrogen-bond donors (Lipinski definition) is 1. The van der Waals surface area contributed by atoms with Crippen LogP contribution in [0.5, 0.6) is 11.5 Å². The number of carbonyl (C=O) groups is 1. The number of fused-ring (bicyclic) bond motifs is 1. The molecule has 1 aliphatic carbocycles. The summed E-state index contributed by atoms with van der Waals surface area (Å²) in [5.41, 5.74) is 2.09. The van der Waals surface area contributed by atoms with Crippen molar-refractivity contribution in [3.05, 3.63) is 47.5 Å². The van der Waals surface area contributed by atoms with Gasteiger partial charge in [0.1, 0.15) is 0 Å². The minimum absolute atomic E-state index is 0.0198. The van der Waals surface area contributed by atoms with E-state index in [1.165, 1.54) is 7.11 Å². The predicted octanol–water partition coefficient (Wildman–Crippen LogP) is 3.13. The Morgan fingerprint density at radius 2 is 1.77 bits per heavy atom. The molecule has 1 aliphatic heterocycles. The van der Waals surface area contributed by atoms with E-state index in [9.17, 15) is 13.2 Å². The Hall–Kier alpha value is -2.58. The molecule has 30 heavy (non-hydrogen) atoms. The number of anilines is 1. The van der Waals surface area contributed by atoms with Gasteiger partial charge in [-0.2, -0.15) is 0 Å². The molecule has 0 spiro atoms. The SMILES string of the molecule is COc1ccc(C(=O)N2CCc3cc(S(=O)(=O)NC4CCCC4)ccc32)cc1OC. The molecular formula is C22H26N2O5S. The van der Waals surface area contributed by atoms with Crippen LogP contribution in [0.1, 0.15) is 41.6 Å². The molecule has 1 amide bonds. The van der Waals surface area contributed by atoms with Gasteiger partial charge in [-0.1, -0.05) is 12.8 Å². The summed E-state index contributed by atoms with van der Waals surface area (Å²) in [6.07, 6.45) is 4.51. The summed E-state index contributed by atoms with van der Waals surface area (Å²) >= 11 is 0. The van der Waals surface area contributed by atoms with Gasteiger partial charge in [-0.25, -0.2) is 13.1 Å². The number of methoxy groups -OCH3 is 2. The fourth-order valence-electron chi connectivity index (χ4n) is 4.21. The quantitative estimate of drug-likeness (QED) is 0.761. The number of nitrogens with zero attached hydrogens (tertiary/aromatic N) is 1. The molecule has 7 nitrogen and oxygen atoms in total. The standard InChI is InChI=1S/C22H26N2O5S/c1-28-20-10-7-16(14-21(20)29-2)22(25)24-12-11-15-13-18(8-9-19(15)24)30(26,27)23-17-5-3-4-6-17/h7-10,13-14,17,23H,3-6,11-12H2,1-2H3. The fourth-order valence-corrected chi connectivity index (χ4v) is 5.57. The minimum Gasteiger partial charge on any atom is -0.493 e. The summed E-state index contributed by atoms with van der Waals surface area (Å²) in [6.45, 7) is 0.502. The van der Waals surface area contributed by atoms with Crippen LogP contribution in [0.2, 0.25) is 0 Å². The molecule has 4 rings (SSSR count). The summed E-state index contributed by atoms with van der Waals surface area (Å²) in [4.78, 5) is 15.0. The van der Waals surface area contributed by atoms with Crippen LogP contribution in [0.4, 0.5) is 5.69 Å². The molecule has 1 saturated carbocycles. The van der Waals surface area contributed by atoms with Crippen LogP contribution in [-0.2, 0) is 16.4 Å². The molecule has 0 saturated heterocycles. The molecule has 160 valence electrons. The fraction of sp³-hybridized carbons (Fsp3) is 0.409. The molecule has 0 aromatic heterocycles. The number of nitrogens with one attached hydrogen (secondary N) is 1. The van der Waals surface area contributed by atoms with E-state index in [1.807, 2.05) is 0 Å². The van der Waals surface area contributed by atoms with Crippen LogP contribution in [-0.4, -0.2) is 41.1 Å². The first-order valence-corrected chi connectivity index (χ1v) is 11.6. The summed E-state index contributed by atoms with van der Waals surface area (Å²) in [5, 5.41) is 0. The first-order valence-electron chi connectivity index (χ1n) is 10.1. The third-order valence-corrected chi connectivity index (χ3v) is 7.33. The average Bonchev–Trinajstić information content (AvgIpc) is 3.41. The van der Waals surface area contributed by atoms with Crippen molar-refractivity contribution in [2.75, 3.05) is 25.7 Å². The van der Waals surface area contributed by atoms with Crippen LogP contribution < -0.4 is 19.1 Å². The monoisotopic (exact) mass is 430 g/mol. The number of benzene rings is 2. The summed E-state index contributed by atoms with van der Waals surface area (Å²) in [5.74, 6) is 0.886. The van der Waals surface area contributed by atoms with Gasteiger partial charge in [-0.3, -0.25) is 4.79 Å². The van der Waals surface area contributed by atoms with Gasteiger partial charge in [0, 0.05) is 23.8 Å². The summed E-state index contributed by atoms with van der Waals surface area (Å²) in [6, 6.07) is 10.1. The third-order valence-electron chi connectivity index (χ3n) is 5.81. The Balaban J connectivity index is 1.57. The Bertz CT molecular complexity index is 1060. The molecule has 1 heterocycles. The van der Waals surface area contributed by atoms with Crippen molar-refractivity contribution in [2.24, 2.45) is 0 Å². The van der Waals surface area contributed by atoms with Crippen LogP contribution in [0.3, 0.4) is 0 Å². The van der Waals surface area contributed by atoms with Crippen LogP contribution in [0.15, 0.2) is 41.3 Å². The lowest BCUT2D eigenvalue weighted by Gasteiger charge is -2.19. The maximum absolute atomic E-state index is 13.1. The first kappa shape index (κ1) is 20.7. The van der Waals surface area contributed by atoms with Crippen LogP contribution >= 0.6 is 0 Å². The van der Waals surface area contributed by atoms with Gasteiger partial charge in [0.05, 0.1) is 19.1 Å². The highest BCUT2D eigenvalue weighted by Gasteiger charge is 2.29. The van der Waals surface area contributed by atoms with Crippen molar-refractivity contribution in [2.45, 2.75) is 43.0 Å². The van der Waals surface area contributed by atoms with Crippen molar-refractivity contribution in [3.63, 3.8) is 0 Å². The average molecular weight is 431 g/mol. The van der Waals surface area contributed by atoms with Gasteiger partial charge in [-0.15, -0.1) is 0 Å². The number of hydrogen-bond acceptors (Lipinski definition) is 5. The Morgan fingerprint density at radius 3 is 2.47 bits per heavy atom. The second kappa shape index (κ2) is 8.28. The highest BCUT2D eigenvalue weighted by atomic mass is 32.2. The first-order chi connectivity index (χ1) is 14.4. The highest BCUT2D eigenvalue weighted by molar-refractivity contribution is 7.89. The number of ether oxygens (including phenoxy) is 2. The van der Waals surface area contributed by atoms with Crippen LogP contribution in [0, 0.1) is 0 Å². The molecule has 2 aromatic carbocycles. The predicted molar refractivity (Wildman–Crippen MR) is 114 cm³/mol. The summed E-state index contributed by atoms with van der Waals surface area (Å²) in [7, 11) is -0.484. The van der Waals surface area contributed by atoms with E-state index in [0.717, 1.165) is 36.9 Å². The molecular weight excluding hydrogens is 404 g/mol. The number of rotatable bonds is 6. The van der Waals surface area contributed by atoms with E-state index in [4.69, 9.17) is 9.47 Å². The highest BCUT2D eigenvalue weighted by Crippen LogP contribution is 2.33. The van der Waals surface area contributed by atoms with E-state index in [1.54, 1.807) is 48.4 Å². The zero-order valence-electron chi connectivity index (χ0n) is 17.2. The normalized spacial score (nSPS) is 16.5. The van der Waals surface area contributed by atoms with E-state index in [0.29, 0.717) is 30.0 Å². The van der Waals surface area contributed by atoms with Gasteiger partial charge in [0.15, 0.2) is 11.5 Å². The molecule has 1 N–H and O–H groups in total. The van der Waals surface area contributed by atoms with Gasteiger partial charge < -0.3 is 14.4 Å². The van der Waals surface area contributed by atoms with E-state index >= 15 is 0 Å². The van der Waals surface area contributed by atoms with Crippen molar-refractivity contribution >= 4 is 21.6 Å². The largest absolute Gasteiger partial charge is 0.493 e. The number of amides is 1. The molecule has 0 radical (unpaired) electrons. The van der Waals surface area contributed by atoms with Crippen molar-refractivity contribution in [1.29, 1.82) is 0 Å². The zero-order valence-corrected chi connectivity index (χ0v) is 18.0. The smallest absolute Gasteiger partial charge is 0.258 e. The Kier molecular flexibility index (Phi) is 5.71. The number of sulfonamides is 1. The van der Waals surface area contributed by atoms with Gasteiger partial charge >= 0.3 is 0 Å². The molecule has 0 bridgehead atoms. The molecule has 2 aliphatic rings. The lowest BCUT2D eigenvalue weighted by molar-refractivity contribution is 0.0989. The Labute approximate surface area is 177 Å². The van der Waals surface area contributed by atoms with Gasteiger partial charge in [-0.05, 0) is 61.2 Å². The molecule has 2 aromatic rings. The molecule has 0 atom stereocenters. The van der Waals surface area contributed by atoms with Crippen molar-refractivity contribution < 1.29 is 22.7 Å². The number of carbonyl (C=O) groups excluding carboxylic acids is 1. The van der Waals surface area contributed by atoms with Gasteiger partial charge in [0.2, 0.25) is 10.0 Å². The van der Waals surface area contributed by atoms with E-state index < -0.39 is 10.0 Å². The molecule has 0 unspecified atom stereocenters. The lowest BCUT2D eigenvalue weighted by atomic mass is 10.1. The minimum atomic E-state index is -3.56. The second-order valence-electron chi connectivity index (χ2n) is 7.67. The molecule has 1 fully saturated rings. The third kappa shape index (κ3) is 3.89. The van der Waals surface area contributed by atoms with Crippen LogP contribution in [0.25, 0.3) is 0 Å². The lowest BCUT2D eigenvalue weighted by Crippen LogP contribution is -2.32. The van der Waals surface area contributed by atoms with Crippen molar-refractivity contribution in [3.8, 4) is 11.5 Å².